The number of carbonyl (C=O) groups is 1. The van der Waals surface area contributed by atoms with Crippen LogP contribution >= 0.6 is 0 Å². The van der Waals surface area contributed by atoms with Crippen LogP contribution in [0, 0.1) is 10.1 Å². The molecule has 0 aliphatic carbocycles. The van der Waals surface area contributed by atoms with Crippen molar-refractivity contribution in [3.05, 3.63) is 52.3 Å². The van der Waals surface area contributed by atoms with Crippen molar-refractivity contribution in [3.63, 3.8) is 0 Å². The SMILES string of the molecule is CO[C@@]1(O)[C@H](O)[C@@H](CO)O[C@@]1(C(=O)c1ccccc1)n1cnc2c(N)nc([N+](=O)[O-])nc21. The number of benzene rings is 1. The average molecular weight is 446 g/mol. The Morgan fingerprint density at radius 1 is 1.38 bits per heavy atom. The summed E-state index contributed by atoms with van der Waals surface area (Å²) in [6.07, 6.45) is -2.38. The third-order valence-corrected chi connectivity index (χ3v) is 5.31. The summed E-state index contributed by atoms with van der Waals surface area (Å²) in [5.74, 6) is -4.93. The van der Waals surface area contributed by atoms with E-state index in [1.165, 1.54) is 12.1 Å². The van der Waals surface area contributed by atoms with Crippen LogP contribution in [0.25, 0.3) is 11.2 Å². The molecule has 1 aromatic carbocycles. The van der Waals surface area contributed by atoms with E-state index in [1.54, 1.807) is 18.2 Å². The van der Waals surface area contributed by atoms with Gasteiger partial charge in [0.05, 0.1) is 6.61 Å². The first-order chi connectivity index (χ1) is 15.2. The molecule has 0 spiro atoms. The first-order valence-electron chi connectivity index (χ1n) is 9.20. The largest absolute Gasteiger partial charge is 0.473 e. The molecule has 4 rings (SSSR count). The van der Waals surface area contributed by atoms with E-state index < -0.39 is 47.0 Å². The second-order valence-corrected chi connectivity index (χ2v) is 6.98. The smallest absolute Gasteiger partial charge is 0.394 e. The van der Waals surface area contributed by atoms with Gasteiger partial charge in [0.1, 0.15) is 18.5 Å². The van der Waals surface area contributed by atoms with Crippen LogP contribution in [0.3, 0.4) is 0 Å². The normalized spacial score (nSPS) is 27.6. The van der Waals surface area contributed by atoms with Gasteiger partial charge in [0.25, 0.3) is 11.5 Å². The predicted octanol–water partition coefficient (Wildman–Crippen LogP) is -1.06. The van der Waals surface area contributed by atoms with Gasteiger partial charge in [-0.1, -0.05) is 30.3 Å². The summed E-state index contributed by atoms with van der Waals surface area (Å²) in [6, 6.07) is 7.61. The maximum absolute atomic E-state index is 13.8. The van der Waals surface area contributed by atoms with Gasteiger partial charge in [-0.3, -0.25) is 9.36 Å². The number of ketones is 1. The third kappa shape index (κ3) is 2.78. The Kier molecular flexibility index (Phi) is 5.10. The zero-order chi connectivity index (χ0) is 23.3. The number of methoxy groups -OCH3 is 1. The molecule has 0 amide bonds. The molecule has 14 nitrogen and oxygen atoms in total. The number of nitrogens with zero attached hydrogens (tertiary/aromatic N) is 5. The standard InChI is InChI=1S/C18H18N6O8/c1-31-18(28)13(27)10(7-25)32-17(18,12(26)9-5-3-2-4-6-9)23-8-20-11-14(19)21-16(24(29)30)22-15(11)23/h2-6,8,10,13,25,27-28H,7H2,1H3,(H2,19,21,22)/t10-,13-,17-,18+/m1/s1. The highest BCUT2D eigenvalue weighted by Gasteiger charge is 2.72. The van der Waals surface area contributed by atoms with E-state index in [9.17, 15) is 30.2 Å². The van der Waals surface area contributed by atoms with E-state index in [0.29, 0.717) is 0 Å². The number of ether oxygens (including phenoxy) is 2. The van der Waals surface area contributed by atoms with Crippen molar-refractivity contribution in [2.75, 3.05) is 19.5 Å². The molecular weight excluding hydrogens is 428 g/mol. The lowest BCUT2D eigenvalue weighted by Gasteiger charge is -2.39. The van der Waals surface area contributed by atoms with Gasteiger partial charge in [0.15, 0.2) is 5.52 Å². The number of nitrogens with two attached hydrogens (primary N) is 1. The van der Waals surface area contributed by atoms with Crippen molar-refractivity contribution < 1.29 is 34.5 Å². The summed E-state index contributed by atoms with van der Waals surface area (Å²) in [7, 11) is 1.02. The van der Waals surface area contributed by atoms with Crippen LogP contribution in [0.15, 0.2) is 36.7 Å². The summed E-state index contributed by atoms with van der Waals surface area (Å²) in [6.45, 7) is -0.791. The van der Waals surface area contributed by atoms with Crippen LogP contribution < -0.4 is 5.73 Å². The van der Waals surface area contributed by atoms with E-state index in [4.69, 9.17) is 15.2 Å². The number of aliphatic hydroxyl groups is 3. The van der Waals surface area contributed by atoms with Gasteiger partial charge in [-0.15, -0.1) is 0 Å². The number of nitrogen functional groups attached to an aromatic ring is 1. The molecule has 5 N–H and O–H groups in total. The quantitative estimate of drug-likeness (QED) is 0.154. The van der Waals surface area contributed by atoms with Gasteiger partial charge < -0.3 is 40.6 Å². The molecule has 2 aromatic heterocycles. The molecule has 0 bridgehead atoms. The fourth-order valence-electron chi connectivity index (χ4n) is 3.78. The average Bonchev–Trinajstić information content (AvgIpc) is 3.32. The number of nitro groups is 1. The summed E-state index contributed by atoms with van der Waals surface area (Å²) in [5.41, 5.74) is 2.75. The van der Waals surface area contributed by atoms with Crippen molar-refractivity contribution in [2.24, 2.45) is 0 Å². The van der Waals surface area contributed by atoms with Crippen LogP contribution in [0.4, 0.5) is 11.8 Å². The number of Topliss-reactive ketones (excluding diaryl/α,β-unsaturated/α-hetero) is 1. The third-order valence-electron chi connectivity index (χ3n) is 5.31. The maximum Gasteiger partial charge on any atom is 0.473 e. The molecule has 3 aromatic rings. The molecule has 32 heavy (non-hydrogen) atoms. The number of imidazole rings is 1. The van der Waals surface area contributed by atoms with Crippen molar-refractivity contribution in [3.8, 4) is 0 Å². The Morgan fingerprint density at radius 3 is 2.66 bits per heavy atom. The monoisotopic (exact) mass is 446 g/mol. The van der Waals surface area contributed by atoms with Gasteiger partial charge in [0.2, 0.25) is 17.2 Å². The number of aromatic nitrogens is 4. The van der Waals surface area contributed by atoms with Gasteiger partial charge >= 0.3 is 5.95 Å². The second-order valence-electron chi connectivity index (χ2n) is 6.98. The fraction of sp³-hybridized carbons (Fsp3) is 0.333. The van der Waals surface area contributed by atoms with Crippen LogP contribution in [0.5, 0.6) is 0 Å². The molecular formula is C18H18N6O8. The highest BCUT2D eigenvalue weighted by atomic mass is 16.7. The molecule has 1 aliphatic heterocycles. The fourth-order valence-corrected chi connectivity index (χ4v) is 3.78. The van der Waals surface area contributed by atoms with Crippen molar-refractivity contribution >= 4 is 28.7 Å². The number of anilines is 1. The number of aliphatic hydroxyl groups excluding tert-OH is 2. The van der Waals surface area contributed by atoms with Crippen LogP contribution in [0.2, 0.25) is 0 Å². The topological polar surface area (TPSA) is 209 Å². The maximum atomic E-state index is 13.8. The van der Waals surface area contributed by atoms with E-state index in [-0.39, 0.29) is 22.5 Å². The van der Waals surface area contributed by atoms with Gasteiger partial charge in [-0.2, -0.15) is 0 Å². The number of hydrogen-bond acceptors (Lipinski definition) is 12. The van der Waals surface area contributed by atoms with Crippen molar-refractivity contribution in [1.29, 1.82) is 0 Å². The Labute approximate surface area is 179 Å². The minimum absolute atomic E-state index is 0.0344. The Hall–Kier alpha value is -3.56. The van der Waals surface area contributed by atoms with E-state index >= 15 is 0 Å². The van der Waals surface area contributed by atoms with Crippen molar-refractivity contribution in [1.82, 2.24) is 19.5 Å². The minimum atomic E-state index is -2.77. The van der Waals surface area contributed by atoms with E-state index in [2.05, 4.69) is 15.0 Å². The lowest BCUT2D eigenvalue weighted by molar-refractivity contribution is -0.394. The molecule has 0 radical (unpaired) electrons. The van der Waals surface area contributed by atoms with Crippen LogP contribution in [-0.2, 0) is 15.2 Å². The number of hydrogen-bond donors (Lipinski definition) is 4. The molecule has 1 aliphatic rings. The van der Waals surface area contributed by atoms with Crippen LogP contribution in [0.1, 0.15) is 10.4 Å². The summed E-state index contributed by atoms with van der Waals surface area (Å²) >= 11 is 0. The van der Waals surface area contributed by atoms with Gasteiger partial charge in [-0.25, -0.2) is 4.98 Å². The minimum Gasteiger partial charge on any atom is -0.394 e. The Morgan fingerprint density at radius 2 is 2.06 bits per heavy atom. The highest BCUT2D eigenvalue weighted by molar-refractivity contribution is 6.03. The lowest BCUT2D eigenvalue weighted by Crippen LogP contribution is -2.62. The number of fused-ring (bicyclic) bond motifs is 1. The summed E-state index contributed by atoms with van der Waals surface area (Å²) in [4.78, 5) is 35.5. The van der Waals surface area contributed by atoms with E-state index in [1.807, 2.05) is 0 Å². The highest BCUT2D eigenvalue weighted by Crippen LogP contribution is 2.47. The van der Waals surface area contributed by atoms with Crippen molar-refractivity contribution in [2.45, 2.75) is 23.7 Å². The van der Waals surface area contributed by atoms with Gasteiger partial charge in [0, 0.05) is 12.7 Å². The molecule has 0 saturated carbocycles. The first-order valence-corrected chi connectivity index (χ1v) is 9.20. The predicted molar refractivity (Wildman–Crippen MR) is 105 cm³/mol. The zero-order valence-corrected chi connectivity index (χ0v) is 16.5. The molecule has 4 atom stereocenters. The Balaban J connectivity index is 2.08. The summed E-state index contributed by atoms with van der Waals surface area (Å²) in [5, 5.41) is 43.1. The molecule has 1 saturated heterocycles. The molecule has 3 heterocycles. The number of carbonyl (C=O) groups excluding carboxylic acids is 1. The molecule has 168 valence electrons. The first kappa shape index (κ1) is 21.7. The summed E-state index contributed by atoms with van der Waals surface area (Å²) < 4.78 is 11.8. The molecule has 0 unspecified atom stereocenters. The van der Waals surface area contributed by atoms with Gasteiger partial charge in [-0.05, 0) is 14.9 Å². The Bertz CT molecular complexity index is 1200. The second kappa shape index (κ2) is 7.54. The van der Waals surface area contributed by atoms with Crippen LogP contribution in [-0.4, -0.2) is 77.3 Å². The number of rotatable bonds is 6. The van der Waals surface area contributed by atoms with E-state index in [0.717, 1.165) is 18.0 Å². The molecule has 14 heteroatoms. The lowest BCUT2D eigenvalue weighted by atomic mass is 9.90. The zero-order valence-electron chi connectivity index (χ0n) is 16.5. The molecule has 1 fully saturated rings.